The molecule has 3 unspecified atom stereocenters. The number of carbonyl (C=O) groups is 1. The maximum atomic E-state index is 12.4. The summed E-state index contributed by atoms with van der Waals surface area (Å²) in [7, 11) is 0. The van der Waals surface area contributed by atoms with Crippen molar-refractivity contribution in [3.63, 3.8) is 0 Å². The Morgan fingerprint density at radius 2 is 0.755 bits per heavy atom. The van der Waals surface area contributed by atoms with Crippen LogP contribution in [0.4, 0.5) is 0 Å². The molecule has 0 fully saturated rings. The number of aliphatic hydroxyl groups excluding tert-OH is 3. The van der Waals surface area contributed by atoms with Gasteiger partial charge < -0.3 is 20.6 Å². The lowest BCUT2D eigenvalue weighted by atomic mass is 10.0. The van der Waals surface area contributed by atoms with Crippen LogP contribution in [0, 0.1) is 0 Å². The minimum atomic E-state index is -1.16. The van der Waals surface area contributed by atoms with Crippen LogP contribution >= 0.6 is 0 Å². The Balaban J connectivity index is 3.62. The van der Waals surface area contributed by atoms with E-state index < -0.39 is 18.2 Å². The van der Waals surface area contributed by atoms with Crippen LogP contribution < -0.4 is 5.32 Å². The summed E-state index contributed by atoms with van der Waals surface area (Å²) in [5.41, 5.74) is 0. The number of aliphatic hydroxyl groups is 3. The Hall–Kier alpha value is -1.17. The largest absolute Gasteiger partial charge is 0.394 e. The highest BCUT2D eigenvalue weighted by Crippen LogP contribution is 2.16. The third-order valence-electron chi connectivity index (χ3n) is 11.0. The monoisotopic (exact) mass is 748 g/mol. The molecule has 0 aliphatic rings. The van der Waals surface area contributed by atoms with Crippen molar-refractivity contribution >= 4 is 5.91 Å². The van der Waals surface area contributed by atoms with E-state index in [-0.39, 0.29) is 12.5 Å². The predicted molar refractivity (Wildman–Crippen MR) is 231 cm³/mol. The standard InChI is InChI=1S/C48H93NO4/c1-3-5-7-9-11-13-15-17-19-21-22-23-24-25-26-27-29-31-33-35-37-39-41-43-47(52)49-45(44-50)48(53)46(51)42-40-38-36-34-32-30-28-20-18-16-14-12-10-8-6-4-2/h25-26,34,36,45-46,48,50-51,53H,3-24,27-33,35,37-44H2,1-2H3,(H,49,52)/b26-25-,36-34+. The number of carbonyl (C=O) groups excluding carboxylic acids is 1. The first-order valence-corrected chi connectivity index (χ1v) is 23.6. The van der Waals surface area contributed by atoms with Crippen LogP contribution in [-0.2, 0) is 4.79 Å². The van der Waals surface area contributed by atoms with Crippen molar-refractivity contribution < 1.29 is 20.1 Å². The van der Waals surface area contributed by atoms with Gasteiger partial charge in [-0.15, -0.1) is 0 Å². The maximum absolute atomic E-state index is 12.4. The Labute approximate surface area is 331 Å². The predicted octanol–water partition coefficient (Wildman–Crippen LogP) is 13.8. The Morgan fingerprint density at radius 3 is 1.09 bits per heavy atom. The second-order valence-corrected chi connectivity index (χ2v) is 16.3. The minimum absolute atomic E-state index is 0.157. The van der Waals surface area contributed by atoms with Crippen LogP contribution in [0.3, 0.4) is 0 Å². The molecule has 0 spiro atoms. The third kappa shape index (κ3) is 38.9. The van der Waals surface area contributed by atoms with Crippen LogP contribution in [0.25, 0.3) is 0 Å². The third-order valence-corrected chi connectivity index (χ3v) is 11.0. The zero-order valence-corrected chi connectivity index (χ0v) is 35.7. The summed E-state index contributed by atoms with van der Waals surface area (Å²) in [4.78, 5) is 12.4. The van der Waals surface area contributed by atoms with Crippen LogP contribution in [0.1, 0.15) is 251 Å². The van der Waals surface area contributed by atoms with Crippen LogP contribution in [0.15, 0.2) is 24.3 Å². The van der Waals surface area contributed by atoms with Gasteiger partial charge in [-0.2, -0.15) is 0 Å². The van der Waals surface area contributed by atoms with Gasteiger partial charge in [0, 0.05) is 6.42 Å². The summed E-state index contributed by atoms with van der Waals surface area (Å²) < 4.78 is 0. The average molecular weight is 748 g/mol. The molecule has 0 saturated heterocycles. The zero-order chi connectivity index (χ0) is 38.7. The van der Waals surface area contributed by atoms with Gasteiger partial charge in [0.2, 0.25) is 5.91 Å². The molecule has 314 valence electrons. The van der Waals surface area contributed by atoms with Crippen molar-refractivity contribution in [2.45, 2.75) is 270 Å². The van der Waals surface area contributed by atoms with E-state index in [1.807, 2.05) is 0 Å². The molecular weight excluding hydrogens is 655 g/mol. The lowest BCUT2D eigenvalue weighted by molar-refractivity contribution is -0.124. The molecular formula is C48H93NO4. The fourth-order valence-corrected chi connectivity index (χ4v) is 7.33. The van der Waals surface area contributed by atoms with E-state index in [0.29, 0.717) is 12.8 Å². The number of hydrogen-bond donors (Lipinski definition) is 4. The van der Waals surface area contributed by atoms with Gasteiger partial charge in [0.05, 0.1) is 18.8 Å². The molecule has 0 rings (SSSR count). The molecule has 0 aromatic carbocycles. The second-order valence-electron chi connectivity index (χ2n) is 16.3. The van der Waals surface area contributed by atoms with Gasteiger partial charge in [-0.25, -0.2) is 0 Å². The van der Waals surface area contributed by atoms with E-state index in [9.17, 15) is 20.1 Å². The number of allylic oxidation sites excluding steroid dienone is 4. The molecule has 53 heavy (non-hydrogen) atoms. The van der Waals surface area contributed by atoms with E-state index >= 15 is 0 Å². The summed E-state index contributed by atoms with van der Waals surface area (Å²) in [5.74, 6) is -0.157. The van der Waals surface area contributed by atoms with E-state index in [1.54, 1.807) is 0 Å². The molecule has 0 bridgehead atoms. The van der Waals surface area contributed by atoms with Gasteiger partial charge in [0.25, 0.3) is 0 Å². The molecule has 3 atom stereocenters. The zero-order valence-electron chi connectivity index (χ0n) is 35.7. The highest BCUT2D eigenvalue weighted by Gasteiger charge is 2.26. The van der Waals surface area contributed by atoms with E-state index in [1.165, 1.54) is 186 Å². The van der Waals surface area contributed by atoms with Crippen molar-refractivity contribution in [2.24, 2.45) is 0 Å². The number of rotatable bonds is 43. The fourth-order valence-electron chi connectivity index (χ4n) is 7.33. The molecule has 4 N–H and O–H groups in total. The summed E-state index contributed by atoms with van der Waals surface area (Å²) in [6, 6.07) is -0.826. The van der Waals surface area contributed by atoms with Gasteiger partial charge in [-0.05, 0) is 64.2 Å². The lowest BCUT2D eigenvalue weighted by Crippen LogP contribution is -2.50. The molecule has 5 heteroatoms. The topological polar surface area (TPSA) is 89.8 Å². The van der Waals surface area contributed by atoms with Crippen molar-refractivity contribution in [2.75, 3.05) is 6.61 Å². The Kier molecular flexibility index (Phi) is 42.6. The molecule has 1 amide bonds. The van der Waals surface area contributed by atoms with Gasteiger partial charge in [0.15, 0.2) is 0 Å². The van der Waals surface area contributed by atoms with Crippen LogP contribution in [0.2, 0.25) is 0 Å². The molecule has 0 aliphatic heterocycles. The number of unbranched alkanes of at least 4 members (excludes halogenated alkanes) is 31. The van der Waals surface area contributed by atoms with Gasteiger partial charge in [-0.3, -0.25) is 4.79 Å². The smallest absolute Gasteiger partial charge is 0.220 e. The van der Waals surface area contributed by atoms with Crippen molar-refractivity contribution in [1.82, 2.24) is 5.32 Å². The first-order valence-electron chi connectivity index (χ1n) is 23.6. The molecule has 0 heterocycles. The van der Waals surface area contributed by atoms with Gasteiger partial charge >= 0.3 is 0 Å². The highest BCUT2D eigenvalue weighted by molar-refractivity contribution is 5.76. The first-order chi connectivity index (χ1) is 26.1. The van der Waals surface area contributed by atoms with Gasteiger partial charge in [0.1, 0.15) is 6.10 Å². The summed E-state index contributed by atoms with van der Waals surface area (Å²) in [6.07, 6.45) is 53.0. The Morgan fingerprint density at radius 1 is 0.453 bits per heavy atom. The maximum Gasteiger partial charge on any atom is 0.220 e. The lowest BCUT2D eigenvalue weighted by Gasteiger charge is -2.26. The first kappa shape index (κ1) is 51.8. The minimum Gasteiger partial charge on any atom is -0.394 e. The Bertz CT molecular complexity index is 784. The fraction of sp³-hybridized carbons (Fsp3) is 0.896. The summed E-state index contributed by atoms with van der Waals surface area (Å²) >= 11 is 0. The van der Waals surface area contributed by atoms with E-state index in [4.69, 9.17) is 0 Å². The molecule has 0 saturated carbocycles. The SMILES string of the molecule is CCCCCCCCCCCCC/C=C/CCCC(O)C(O)C(CO)NC(=O)CCCCCCCCC/C=C\CCCCCCCCCCCCCC. The highest BCUT2D eigenvalue weighted by atomic mass is 16.3. The number of amides is 1. The van der Waals surface area contributed by atoms with Crippen molar-refractivity contribution in [3.8, 4) is 0 Å². The van der Waals surface area contributed by atoms with Crippen LogP contribution in [-0.4, -0.2) is 46.1 Å². The second kappa shape index (κ2) is 43.6. The molecule has 0 aliphatic carbocycles. The van der Waals surface area contributed by atoms with Crippen LogP contribution in [0.5, 0.6) is 0 Å². The molecule has 0 aromatic rings. The molecule has 0 radical (unpaired) electrons. The number of nitrogens with one attached hydrogen (secondary N) is 1. The van der Waals surface area contributed by atoms with E-state index in [2.05, 4.69) is 43.5 Å². The quantitative estimate of drug-likeness (QED) is 0.0369. The molecule has 5 nitrogen and oxygen atoms in total. The van der Waals surface area contributed by atoms with E-state index in [0.717, 1.165) is 38.5 Å². The van der Waals surface area contributed by atoms with Crippen molar-refractivity contribution in [3.05, 3.63) is 24.3 Å². The average Bonchev–Trinajstić information content (AvgIpc) is 3.16. The van der Waals surface area contributed by atoms with Gasteiger partial charge in [-0.1, -0.05) is 205 Å². The summed E-state index contributed by atoms with van der Waals surface area (Å²) in [5, 5.41) is 33.5. The normalized spacial score (nSPS) is 13.7. The summed E-state index contributed by atoms with van der Waals surface area (Å²) in [6.45, 7) is 4.18. The van der Waals surface area contributed by atoms with Crippen molar-refractivity contribution in [1.29, 1.82) is 0 Å². The molecule has 0 aromatic heterocycles. The number of hydrogen-bond acceptors (Lipinski definition) is 4.